The summed E-state index contributed by atoms with van der Waals surface area (Å²) < 4.78 is 2.91. The molecule has 3 rings (SSSR count). The van der Waals surface area contributed by atoms with Crippen LogP contribution in [0, 0.1) is 0 Å². The Bertz CT molecular complexity index is 866. The van der Waals surface area contributed by atoms with Crippen LogP contribution in [-0.2, 0) is 6.54 Å². The van der Waals surface area contributed by atoms with E-state index in [-0.39, 0.29) is 20.3 Å². The van der Waals surface area contributed by atoms with Crippen molar-refractivity contribution in [1.82, 2.24) is 3.56 Å². The average molecular weight is 347 g/mol. The molecule has 1 heterocycles. The summed E-state index contributed by atoms with van der Waals surface area (Å²) >= 11 is -0.0239. The van der Waals surface area contributed by atoms with E-state index in [1.54, 1.807) is 18.2 Å². The number of benzene rings is 2. The van der Waals surface area contributed by atoms with Gasteiger partial charge in [0.25, 0.3) is 0 Å². The van der Waals surface area contributed by atoms with Crippen LogP contribution < -0.4 is 10.9 Å². The van der Waals surface area contributed by atoms with Crippen LogP contribution in [0.4, 0.5) is 10.5 Å². The number of fused-ring (bicyclic) bond motifs is 1. The van der Waals surface area contributed by atoms with Crippen molar-refractivity contribution in [3.05, 3.63) is 64.4 Å². The minimum absolute atomic E-state index is 0.0239. The zero-order valence-corrected chi connectivity index (χ0v) is 12.7. The molecule has 1 aromatic heterocycles. The Balaban J connectivity index is 1.93. The van der Waals surface area contributed by atoms with Crippen molar-refractivity contribution in [2.75, 3.05) is 5.32 Å². The molecule has 3 aromatic rings. The molecule has 0 unspecified atom stereocenters. The van der Waals surface area contributed by atoms with Crippen LogP contribution in [0.2, 0.25) is 0 Å². The quantitative estimate of drug-likeness (QED) is 0.714. The first kappa shape index (κ1) is 13.7. The number of nitrogens with one attached hydrogen (secondary N) is 1. The van der Waals surface area contributed by atoms with Gasteiger partial charge in [-0.25, -0.2) is 0 Å². The van der Waals surface area contributed by atoms with Gasteiger partial charge >= 0.3 is 126 Å². The van der Waals surface area contributed by atoms with E-state index in [4.69, 9.17) is 5.11 Å². The third-order valence-electron chi connectivity index (χ3n) is 3.06. The fourth-order valence-corrected chi connectivity index (χ4v) is 4.31. The average Bonchev–Trinajstić information content (AvgIpc) is 2.76. The molecule has 0 aliphatic carbocycles. The molecule has 106 valence electrons. The van der Waals surface area contributed by atoms with Crippen LogP contribution in [0.15, 0.2) is 53.3 Å². The fourth-order valence-electron chi connectivity index (χ4n) is 2.16. The Morgan fingerprint density at radius 2 is 2.00 bits per heavy atom. The number of carbonyl (C=O) groups is 1. The summed E-state index contributed by atoms with van der Waals surface area (Å²) in [5, 5.41) is 11.8. The predicted octanol–water partition coefficient (Wildman–Crippen LogP) is 2.20. The molecule has 0 bridgehead atoms. The molecule has 0 spiro atoms. The molecule has 2 aromatic carbocycles. The van der Waals surface area contributed by atoms with Crippen molar-refractivity contribution in [3.63, 3.8) is 0 Å². The maximum absolute atomic E-state index is 12.3. The number of hydrogen-bond acceptors (Lipinski definition) is 2. The van der Waals surface area contributed by atoms with E-state index >= 15 is 0 Å². The van der Waals surface area contributed by atoms with E-state index in [2.05, 4.69) is 5.32 Å². The van der Waals surface area contributed by atoms with Crippen molar-refractivity contribution < 1.29 is 9.90 Å². The SMILES string of the molecule is O=C(O)Nc1cccc(Cn2[se]c3ccccc3c2=O)c1. The van der Waals surface area contributed by atoms with Crippen molar-refractivity contribution >= 4 is 36.2 Å². The first-order valence-corrected chi connectivity index (χ1v) is 7.93. The normalized spacial score (nSPS) is 10.7. The second kappa shape index (κ2) is 5.60. The van der Waals surface area contributed by atoms with Gasteiger partial charge in [-0.2, -0.15) is 0 Å². The molecule has 0 fully saturated rings. The molecular weight excluding hydrogens is 335 g/mol. The van der Waals surface area contributed by atoms with Crippen molar-refractivity contribution in [3.8, 4) is 0 Å². The van der Waals surface area contributed by atoms with Crippen LogP contribution in [0.3, 0.4) is 0 Å². The fraction of sp³-hybridized carbons (Fsp3) is 0.0667. The zero-order valence-electron chi connectivity index (χ0n) is 10.9. The standard InChI is InChI=1S/C15H12N2O3Se/c18-14-12-6-1-2-7-13(12)21-17(14)9-10-4-3-5-11(8-10)16-15(19)20/h1-8,16H,9H2,(H,19,20). The number of rotatable bonds is 3. The van der Waals surface area contributed by atoms with Gasteiger partial charge in [0.15, 0.2) is 0 Å². The second-order valence-corrected chi connectivity index (χ2v) is 6.79. The summed E-state index contributed by atoms with van der Waals surface area (Å²) in [6.07, 6.45) is -1.10. The van der Waals surface area contributed by atoms with Crippen molar-refractivity contribution in [2.24, 2.45) is 0 Å². The van der Waals surface area contributed by atoms with Crippen LogP contribution in [0.25, 0.3) is 9.65 Å². The van der Waals surface area contributed by atoms with E-state index in [0.29, 0.717) is 12.2 Å². The molecule has 0 radical (unpaired) electrons. The molecule has 2 N–H and O–H groups in total. The van der Waals surface area contributed by atoms with E-state index in [9.17, 15) is 9.59 Å². The number of hydrogen-bond donors (Lipinski definition) is 2. The molecule has 6 heteroatoms. The molecule has 0 aliphatic heterocycles. The summed E-state index contributed by atoms with van der Waals surface area (Å²) in [6, 6.07) is 14.7. The predicted molar refractivity (Wildman–Crippen MR) is 82.3 cm³/mol. The van der Waals surface area contributed by atoms with E-state index < -0.39 is 6.09 Å². The van der Waals surface area contributed by atoms with Gasteiger partial charge in [0.1, 0.15) is 0 Å². The van der Waals surface area contributed by atoms with Gasteiger partial charge in [-0.1, -0.05) is 0 Å². The van der Waals surface area contributed by atoms with Crippen LogP contribution in [-0.4, -0.2) is 29.5 Å². The summed E-state index contributed by atoms with van der Waals surface area (Å²) in [4.78, 5) is 22.9. The molecule has 0 atom stereocenters. The molecular formula is C15H12N2O3Se. The van der Waals surface area contributed by atoms with Gasteiger partial charge < -0.3 is 0 Å². The molecule has 21 heavy (non-hydrogen) atoms. The topological polar surface area (TPSA) is 71.3 Å². The monoisotopic (exact) mass is 348 g/mol. The van der Waals surface area contributed by atoms with Gasteiger partial charge in [-0.15, -0.1) is 0 Å². The van der Waals surface area contributed by atoms with E-state index in [1.165, 1.54) is 0 Å². The zero-order chi connectivity index (χ0) is 14.8. The van der Waals surface area contributed by atoms with Crippen LogP contribution in [0.1, 0.15) is 5.56 Å². The molecule has 5 nitrogen and oxygen atoms in total. The van der Waals surface area contributed by atoms with Gasteiger partial charge in [0, 0.05) is 0 Å². The van der Waals surface area contributed by atoms with Crippen LogP contribution >= 0.6 is 0 Å². The third-order valence-corrected chi connectivity index (χ3v) is 5.30. The maximum atomic E-state index is 12.3. The third kappa shape index (κ3) is 2.91. The molecule has 1 amide bonds. The van der Waals surface area contributed by atoms with Gasteiger partial charge in [-0.3, -0.25) is 0 Å². The summed E-state index contributed by atoms with van der Waals surface area (Å²) in [6.45, 7) is 0.489. The number of anilines is 1. The number of carboxylic acid groups (broad SMARTS) is 1. The Labute approximate surface area is 126 Å². The summed E-state index contributed by atoms with van der Waals surface area (Å²) in [7, 11) is 0. The van der Waals surface area contributed by atoms with Crippen molar-refractivity contribution in [1.29, 1.82) is 0 Å². The van der Waals surface area contributed by atoms with Gasteiger partial charge in [0.05, 0.1) is 0 Å². The van der Waals surface area contributed by atoms with E-state index in [1.807, 2.05) is 33.9 Å². The first-order valence-electron chi connectivity index (χ1n) is 6.31. The number of nitrogens with zero attached hydrogens (tertiary/aromatic N) is 1. The Kier molecular flexibility index (Phi) is 3.64. The Morgan fingerprint density at radius 3 is 2.76 bits per heavy atom. The second-order valence-electron chi connectivity index (χ2n) is 4.56. The number of aromatic nitrogens is 1. The van der Waals surface area contributed by atoms with Crippen molar-refractivity contribution in [2.45, 2.75) is 6.54 Å². The molecule has 0 aliphatic rings. The number of amides is 1. The van der Waals surface area contributed by atoms with Gasteiger partial charge in [0.2, 0.25) is 0 Å². The Morgan fingerprint density at radius 1 is 1.19 bits per heavy atom. The van der Waals surface area contributed by atoms with Crippen LogP contribution in [0.5, 0.6) is 0 Å². The first-order chi connectivity index (χ1) is 10.1. The molecule has 0 saturated carbocycles. The van der Waals surface area contributed by atoms with E-state index in [0.717, 1.165) is 15.2 Å². The molecule has 0 saturated heterocycles. The minimum atomic E-state index is -1.10. The Hall–Kier alpha value is -2.30. The summed E-state index contributed by atoms with van der Waals surface area (Å²) in [5.74, 6) is 0. The van der Waals surface area contributed by atoms with Gasteiger partial charge in [-0.05, 0) is 0 Å². The summed E-state index contributed by atoms with van der Waals surface area (Å²) in [5.41, 5.74) is 1.46.